The number of fused-ring (bicyclic) bond motifs is 2. The molecule has 0 spiro atoms. The molecule has 5 aromatic rings. The Balaban J connectivity index is 0.951. The van der Waals surface area contributed by atoms with E-state index in [1.165, 1.54) is 0 Å². The van der Waals surface area contributed by atoms with E-state index in [4.69, 9.17) is 37.9 Å². The molecule has 0 N–H and O–H groups in total. The summed E-state index contributed by atoms with van der Waals surface area (Å²) in [7, 11) is 0. The first kappa shape index (κ1) is 29.3. The van der Waals surface area contributed by atoms with Gasteiger partial charge in [-0.25, -0.2) is 4.98 Å². The summed E-state index contributed by atoms with van der Waals surface area (Å²) in [6, 6.07) is 27.6. The summed E-state index contributed by atoms with van der Waals surface area (Å²) in [6.45, 7) is 6.82. The van der Waals surface area contributed by atoms with Crippen molar-refractivity contribution in [1.82, 2.24) is 4.98 Å². The van der Waals surface area contributed by atoms with Crippen molar-refractivity contribution < 1.29 is 37.9 Å². The first-order chi connectivity index (χ1) is 22.1. The molecule has 45 heavy (non-hydrogen) atoms. The largest absolute Gasteiger partial charge is 0.491 e. The van der Waals surface area contributed by atoms with Gasteiger partial charge in [0.05, 0.1) is 39.6 Å². The fourth-order valence-corrected chi connectivity index (χ4v) is 4.88. The molecule has 2 unspecified atom stereocenters. The van der Waals surface area contributed by atoms with E-state index in [-0.39, 0.29) is 12.2 Å². The number of hydrogen-bond acceptors (Lipinski definition) is 9. The molecule has 0 bridgehead atoms. The van der Waals surface area contributed by atoms with Gasteiger partial charge in [0, 0.05) is 17.8 Å². The average Bonchev–Trinajstić information content (AvgIpc) is 3.97. The Hall–Kier alpha value is -4.41. The number of hydrogen-bond donors (Lipinski definition) is 0. The van der Waals surface area contributed by atoms with Crippen LogP contribution in [0.5, 0.6) is 34.6 Å². The van der Waals surface area contributed by atoms with E-state index < -0.39 is 0 Å². The van der Waals surface area contributed by atoms with Crippen molar-refractivity contribution in [3.63, 3.8) is 0 Å². The van der Waals surface area contributed by atoms with Crippen LogP contribution in [0.1, 0.15) is 5.69 Å². The molecule has 2 atom stereocenters. The van der Waals surface area contributed by atoms with Gasteiger partial charge in [-0.2, -0.15) is 0 Å². The molecule has 4 aromatic carbocycles. The number of benzene rings is 4. The molecule has 0 saturated carbocycles. The van der Waals surface area contributed by atoms with Crippen molar-refractivity contribution in [2.24, 2.45) is 0 Å². The molecule has 2 saturated heterocycles. The molecule has 9 heteroatoms. The number of rotatable bonds is 16. The van der Waals surface area contributed by atoms with Crippen LogP contribution in [-0.2, 0) is 18.9 Å². The van der Waals surface area contributed by atoms with E-state index in [0.29, 0.717) is 57.0 Å². The second-order valence-corrected chi connectivity index (χ2v) is 11.1. The molecule has 232 valence electrons. The molecule has 0 amide bonds. The lowest BCUT2D eigenvalue weighted by atomic mass is 10.1. The second-order valence-electron chi connectivity index (χ2n) is 11.1. The SMILES string of the molecule is Cc1cc(Oc2ccc3cc(OCCOCC4CO4)ccc3c2)cc(Oc2ccc3cc(OCCOCC4CO4)ccc3c2)n1. The number of epoxide rings is 2. The van der Waals surface area contributed by atoms with Gasteiger partial charge in [-0.3, -0.25) is 0 Å². The molecule has 2 aliphatic rings. The summed E-state index contributed by atoms with van der Waals surface area (Å²) in [6.07, 6.45) is 0.530. The molecule has 2 fully saturated rings. The summed E-state index contributed by atoms with van der Waals surface area (Å²) in [5.41, 5.74) is 0.787. The highest BCUT2D eigenvalue weighted by molar-refractivity contribution is 5.86. The maximum absolute atomic E-state index is 6.23. The zero-order valence-electron chi connectivity index (χ0n) is 25.1. The van der Waals surface area contributed by atoms with Crippen LogP contribution in [0.15, 0.2) is 84.9 Å². The van der Waals surface area contributed by atoms with Gasteiger partial charge in [-0.15, -0.1) is 0 Å². The fourth-order valence-electron chi connectivity index (χ4n) is 4.88. The van der Waals surface area contributed by atoms with E-state index >= 15 is 0 Å². The molecular weight excluding hydrogens is 574 g/mol. The van der Waals surface area contributed by atoms with Gasteiger partial charge >= 0.3 is 0 Å². The van der Waals surface area contributed by atoms with E-state index in [9.17, 15) is 0 Å². The number of pyridine rings is 1. The van der Waals surface area contributed by atoms with Gasteiger partial charge in [0.15, 0.2) is 0 Å². The zero-order valence-corrected chi connectivity index (χ0v) is 25.1. The lowest BCUT2D eigenvalue weighted by Crippen LogP contribution is -2.10. The Bertz CT molecular complexity index is 1640. The molecular formula is C36H35NO8. The van der Waals surface area contributed by atoms with Crippen molar-refractivity contribution in [3.05, 3.63) is 90.6 Å². The molecule has 9 nitrogen and oxygen atoms in total. The van der Waals surface area contributed by atoms with Crippen LogP contribution in [0.25, 0.3) is 21.5 Å². The van der Waals surface area contributed by atoms with Crippen molar-refractivity contribution in [1.29, 1.82) is 0 Å². The van der Waals surface area contributed by atoms with Crippen LogP contribution in [0.3, 0.4) is 0 Å². The zero-order chi connectivity index (χ0) is 30.4. The van der Waals surface area contributed by atoms with E-state index in [1.807, 2.05) is 85.8 Å². The normalized spacial score (nSPS) is 16.9. The third-order valence-electron chi connectivity index (χ3n) is 7.33. The Kier molecular flexibility index (Phi) is 8.93. The molecule has 0 aliphatic carbocycles. The average molecular weight is 610 g/mol. The highest BCUT2D eigenvalue weighted by Gasteiger charge is 2.22. The van der Waals surface area contributed by atoms with Crippen molar-refractivity contribution in [2.45, 2.75) is 19.1 Å². The van der Waals surface area contributed by atoms with Crippen molar-refractivity contribution in [3.8, 4) is 34.6 Å². The van der Waals surface area contributed by atoms with Gasteiger partial charge in [0.25, 0.3) is 0 Å². The lowest BCUT2D eigenvalue weighted by molar-refractivity contribution is 0.0879. The van der Waals surface area contributed by atoms with Crippen molar-refractivity contribution in [2.75, 3.05) is 52.9 Å². The predicted molar refractivity (Wildman–Crippen MR) is 169 cm³/mol. The number of aryl methyl sites for hydroxylation is 1. The molecule has 0 radical (unpaired) electrons. The topological polar surface area (TPSA) is 93.3 Å². The van der Waals surface area contributed by atoms with Gasteiger partial charge in [0.1, 0.15) is 54.2 Å². The minimum Gasteiger partial charge on any atom is -0.491 e. The highest BCUT2D eigenvalue weighted by Crippen LogP contribution is 2.32. The van der Waals surface area contributed by atoms with E-state index in [0.717, 1.165) is 57.7 Å². The lowest BCUT2D eigenvalue weighted by Gasteiger charge is -2.12. The minimum absolute atomic E-state index is 0.264. The maximum Gasteiger partial charge on any atom is 0.223 e. The third kappa shape index (κ3) is 8.40. The quantitative estimate of drug-likeness (QED) is 0.0878. The third-order valence-corrected chi connectivity index (χ3v) is 7.33. The molecule has 3 heterocycles. The van der Waals surface area contributed by atoms with Gasteiger partial charge in [-0.1, -0.05) is 24.3 Å². The number of ether oxygens (including phenoxy) is 8. The Labute approximate surface area is 261 Å². The molecule has 2 aliphatic heterocycles. The Morgan fingerprint density at radius 3 is 1.53 bits per heavy atom. The van der Waals surface area contributed by atoms with Crippen LogP contribution in [-0.4, -0.2) is 70.0 Å². The van der Waals surface area contributed by atoms with E-state index in [1.54, 1.807) is 6.07 Å². The molecule has 1 aromatic heterocycles. The summed E-state index contributed by atoms with van der Waals surface area (Å²) < 4.78 is 45.4. The van der Waals surface area contributed by atoms with Gasteiger partial charge in [0.2, 0.25) is 5.88 Å². The summed E-state index contributed by atoms with van der Waals surface area (Å²) in [4.78, 5) is 4.56. The Morgan fingerprint density at radius 2 is 1.02 bits per heavy atom. The Morgan fingerprint density at radius 1 is 0.556 bits per heavy atom. The summed E-state index contributed by atoms with van der Waals surface area (Å²) in [5.74, 6) is 4.10. The first-order valence-corrected chi connectivity index (χ1v) is 15.2. The summed E-state index contributed by atoms with van der Waals surface area (Å²) in [5, 5.41) is 4.20. The highest BCUT2D eigenvalue weighted by atomic mass is 16.6. The van der Waals surface area contributed by atoms with Crippen LogP contribution in [0.2, 0.25) is 0 Å². The van der Waals surface area contributed by atoms with Crippen LogP contribution < -0.4 is 18.9 Å². The number of aromatic nitrogens is 1. The molecule has 7 rings (SSSR count). The van der Waals surface area contributed by atoms with Crippen LogP contribution in [0, 0.1) is 6.92 Å². The maximum atomic E-state index is 6.23. The second kappa shape index (κ2) is 13.7. The standard InChI is InChI=1S/C36H35NO8/c1-24-14-33(44-31-8-4-25-15-29(6-2-27(25)17-31)40-12-10-38-20-34-22-42-34)19-36(37-24)45-32-9-5-26-16-30(7-3-28(26)18-32)41-13-11-39-21-35-23-43-35/h2-9,14-19,34-35H,10-13,20-23H2,1H3. The van der Waals surface area contributed by atoms with Gasteiger partial charge in [-0.05, 0) is 77.0 Å². The minimum atomic E-state index is 0.264. The predicted octanol–water partition coefficient (Wildman–Crippen LogP) is 6.87. The van der Waals surface area contributed by atoms with Crippen LogP contribution in [0.4, 0.5) is 0 Å². The first-order valence-electron chi connectivity index (χ1n) is 15.2. The monoisotopic (exact) mass is 609 g/mol. The summed E-state index contributed by atoms with van der Waals surface area (Å²) >= 11 is 0. The number of nitrogens with zero attached hydrogens (tertiary/aromatic N) is 1. The smallest absolute Gasteiger partial charge is 0.223 e. The van der Waals surface area contributed by atoms with E-state index in [2.05, 4.69) is 4.98 Å². The fraction of sp³-hybridized carbons (Fsp3) is 0.306. The van der Waals surface area contributed by atoms with Crippen molar-refractivity contribution >= 4 is 21.5 Å². The van der Waals surface area contributed by atoms with Gasteiger partial charge < -0.3 is 37.9 Å². The van der Waals surface area contributed by atoms with Crippen LogP contribution >= 0.6 is 0 Å².